The first-order valence-electron chi connectivity index (χ1n) is 6.17. The van der Waals surface area contributed by atoms with Crippen LogP contribution >= 0.6 is 0 Å². The van der Waals surface area contributed by atoms with E-state index in [2.05, 4.69) is 19.2 Å². The van der Waals surface area contributed by atoms with Crippen molar-refractivity contribution < 1.29 is 9.90 Å². The quantitative estimate of drug-likeness (QED) is 0.843. The molecular formula is C14H19NO2. The van der Waals surface area contributed by atoms with Crippen molar-refractivity contribution in [2.75, 3.05) is 5.32 Å². The molecule has 1 aromatic carbocycles. The Bertz CT molecular complexity index is 426. The van der Waals surface area contributed by atoms with Gasteiger partial charge in [0, 0.05) is 12.1 Å². The summed E-state index contributed by atoms with van der Waals surface area (Å²) >= 11 is 0. The zero-order valence-electron chi connectivity index (χ0n) is 10.4. The highest BCUT2D eigenvalue weighted by Crippen LogP contribution is 2.28. The van der Waals surface area contributed by atoms with Gasteiger partial charge in [-0.25, -0.2) is 0 Å². The van der Waals surface area contributed by atoms with Gasteiger partial charge in [0.25, 0.3) is 0 Å². The lowest BCUT2D eigenvalue weighted by Gasteiger charge is -2.20. The SMILES string of the molecule is CC(C)CC(O)c1ccc2c(c1)CCC(=O)N2. The molecule has 0 radical (unpaired) electrons. The summed E-state index contributed by atoms with van der Waals surface area (Å²) in [7, 11) is 0. The fourth-order valence-electron chi connectivity index (χ4n) is 2.19. The molecular weight excluding hydrogens is 214 g/mol. The summed E-state index contributed by atoms with van der Waals surface area (Å²) in [5.74, 6) is 0.550. The monoisotopic (exact) mass is 233 g/mol. The first-order chi connectivity index (χ1) is 8.06. The van der Waals surface area contributed by atoms with Crippen LogP contribution in [-0.4, -0.2) is 11.0 Å². The molecule has 1 atom stereocenters. The molecule has 0 bridgehead atoms. The van der Waals surface area contributed by atoms with Gasteiger partial charge in [-0.2, -0.15) is 0 Å². The molecule has 1 aliphatic rings. The Balaban J connectivity index is 2.19. The third-order valence-corrected chi connectivity index (χ3v) is 3.10. The first-order valence-corrected chi connectivity index (χ1v) is 6.17. The molecule has 3 nitrogen and oxygen atoms in total. The van der Waals surface area contributed by atoms with Gasteiger partial charge in [0.05, 0.1) is 6.10 Å². The molecule has 1 aromatic rings. The number of anilines is 1. The number of hydrogen-bond acceptors (Lipinski definition) is 2. The minimum Gasteiger partial charge on any atom is -0.388 e. The van der Waals surface area contributed by atoms with E-state index in [0.717, 1.165) is 29.7 Å². The molecule has 0 saturated carbocycles. The van der Waals surface area contributed by atoms with E-state index in [1.807, 2.05) is 18.2 Å². The fourth-order valence-corrected chi connectivity index (χ4v) is 2.19. The maximum Gasteiger partial charge on any atom is 0.224 e. The third-order valence-electron chi connectivity index (χ3n) is 3.10. The maximum atomic E-state index is 11.2. The van der Waals surface area contributed by atoms with Gasteiger partial charge in [-0.1, -0.05) is 26.0 Å². The predicted octanol–water partition coefficient (Wildman–Crippen LogP) is 2.65. The second-order valence-corrected chi connectivity index (χ2v) is 5.11. The summed E-state index contributed by atoms with van der Waals surface area (Å²) in [5, 5.41) is 12.9. The van der Waals surface area contributed by atoms with Crippen LogP contribution in [0.5, 0.6) is 0 Å². The minimum atomic E-state index is -0.405. The van der Waals surface area contributed by atoms with Crippen molar-refractivity contribution in [1.82, 2.24) is 0 Å². The van der Waals surface area contributed by atoms with Crippen molar-refractivity contribution >= 4 is 11.6 Å². The maximum absolute atomic E-state index is 11.2. The highest BCUT2D eigenvalue weighted by atomic mass is 16.3. The van der Waals surface area contributed by atoms with Crippen LogP contribution in [0.1, 0.15) is 43.9 Å². The van der Waals surface area contributed by atoms with E-state index < -0.39 is 6.10 Å². The minimum absolute atomic E-state index is 0.0768. The number of rotatable bonds is 3. The number of benzene rings is 1. The molecule has 2 rings (SSSR count). The Labute approximate surface area is 102 Å². The van der Waals surface area contributed by atoms with Gasteiger partial charge in [-0.15, -0.1) is 0 Å². The van der Waals surface area contributed by atoms with Gasteiger partial charge in [0.1, 0.15) is 0 Å². The van der Waals surface area contributed by atoms with Crippen LogP contribution in [0, 0.1) is 5.92 Å². The van der Waals surface area contributed by atoms with E-state index in [1.165, 1.54) is 0 Å². The molecule has 1 aliphatic heterocycles. The van der Waals surface area contributed by atoms with E-state index in [4.69, 9.17) is 0 Å². The topological polar surface area (TPSA) is 49.3 Å². The lowest BCUT2D eigenvalue weighted by atomic mass is 9.95. The third kappa shape index (κ3) is 2.86. The molecule has 0 aliphatic carbocycles. The van der Waals surface area contributed by atoms with Crippen LogP contribution in [0.15, 0.2) is 18.2 Å². The molecule has 0 aromatic heterocycles. The van der Waals surface area contributed by atoms with E-state index in [-0.39, 0.29) is 5.91 Å². The second kappa shape index (κ2) is 4.88. The van der Waals surface area contributed by atoms with Crippen LogP contribution in [0.3, 0.4) is 0 Å². The van der Waals surface area contributed by atoms with Gasteiger partial charge < -0.3 is 10.4 Å². The summed E-state index contributed by atoms with van der Waals surface area (Å²) in [6, 6.07) is 5.81. The Kier molecular flexibility index (Phi) is 3.48. The number of carbonyl (C=O) groups excluding carboxylic acids is 1. The zero-order valence-corrected chi connectivity index (χ0v) is 10.4. The molecule has 0 fully saturated rings. The molecule has 3 heteroatoms. The molecule has 1 unspecified atom stereocenters. The summed E-state index contributed by atoms with van der Waals surface area (Å²) < 4.78 is 0. The van der Waals surface area contributed by atoms with Crippen LogP contribution in [0.4, 0.5) is 5.69 Å². The number of nitrogens with one attached hydrogen (secondary N) is 1. The molecule has 0 saturated heterocycles. The highest BCUT2D eigenvalue weighted by Gasteiger charge is 2.17. The average Bonchev–Trinajstić information content (AvgIpc) is 2.27. The largest absolute Gasteiger partial charge is 0.388 e. The van der Waals surface area contributed by atoms with Crippen molar-refractivity contribution in [1.29, 1.82) is 0 Å². The number of fused-ring (bicyclic) bond motifs is 1. The molecule has 0 spiro atoms. The number of aliphatic hydroxyl groups excluding tert-OH is 1. The van der Waals surface area contributed by atoms with Gasteiger partial charge in [-0.05, 0) is 36.0 Å². The standard InChI is InChI=1S/C14H19NO2/c1-9(2)7-13(16)11-3-5-12-10(8-11)4-6-14(17)15-12/h3,5,8-9,13,16H,4,6-7H2,1-2H3,(H,15,17). The Morgan fingerprint density at radius 3 is 2.82 bits per heavy atom. The van der Waals surface area contributed by atoms with E-state index in [9.17, 15) is 9.90 Å². The number of aryl methyl sites for hydroxylation is 1. The smallest absolute Gasteiger partial charge is 0.224 e. The van der Waals surface area contributed by atoms with E-state index >= 15 is 0 Å². The lowest BCUT2D eigenvalue weighted by Crippen LogP contribution is -2.19. The summed E-state index contributed by atoms with van der Waals surface area (Å²) in [4.78, 5) is 11.2. The Morgan fingerprint density at radius 2 is 2.12 bits per heavy atom. The summed E-state index contributed by atoms with van der Waals surface area (Å²) in [6.45, 7) is 4.20. The Morgan fingerprint density at radius 1 is 1.35 bits per heavy atom. The number of amides is 1. The van der Waals surface area contributed by atoms with Crippen molar-refractivity contribution in [3.63, 3.8) is 0 Å². The van der Waals surface area contributed by atoms with Crippen molar-refractivity contribution in [3.8, 4) is 0 Å². The summed E-state index contributed by atoms with van der Waals surface area (Å²) in [5.41, 5.74) is 2.97. The number of hydrogen-bond donors (Lipinski definition) is 2. The Hall–Kier alpha value is -1.35. The number of carbonyl (C=O) groups is 1. The van der Waals surface area contributed by atoms with Crippen molar-refractivity contribution in [2.45, 2.75) is 39.2 Å². The van der Waals surface area contributed by atoms with Gasteiger partial charge >= 0.3 is 0 Å². The van der Waals surface area contributed by atoms with Crippen LogP contribution in [0.2, 0.25) is 0 Å². The molecule has 92 valence electrons. The number of aliphatic hydroxyl groups is 1. The fraction of sp³-hybridized carbons (Fsp3) is 0.500. The van der Waals surface area contributed by atoms with Crippen LogP contribution in [-0.2, 0) is 11.2 Å². The molecule has 17 heavy (non-hydrogen) atoms. The van der Waals surface area contributed by atoms with Gasteiger partial charge in [-0.3, -0.25) is 4.79 Å². The average molecular weight is 233 g/mol. The molecule has 2 N–H and O–H groups in total. The van der Waals surface area contributed by atoms with Crippen molar-refractivity contribution in [3.05, 3.63) is 29.3 Å². The highest BCUT2D eigenvalue weighted by molar-refractivity contribution is 5.93. The first kappa shape index (κ1) is 12.1. The summed E-state index contributed by atoms with van der Waals surface area (Å²) in [6.07, 6.45) is 1.67. The predicted molar refractivity (Wildman–Crippen MR) is 67.8 cm³/mol. The van der Waals surface area contributed by atoms with E-state index in [1.54, 1.807) is 0 Å². The van der Waals surface area contributed by atoms with Gasteiger partial charge in [0.2, 0.25) is 5.91 Å². The van der Waals surface area contributed by atoms with Crippen molar-refractivity contribution in [2.24, 2.45) is 5.92 Å². The van der Waals surface area contributed by atoms with Crippen LogP contribution in [0.25, 0.3) is 0 Å². The normalized spacial score (nSPS) is 16.6. The zero-order chi connectivity index (χ0) is 12.4. The lowest BCUT2D eigenvalue weighted by molar-refractivity contribution is -0.116. The molecule has 1 heterocycles. The van der Waals surface area contributed by atoms with Crippen LogP contribution < -0.4 is 5.32 Å². The van der Waals surface area contributed by atoms with Gasteiger partial charge in [0.15, 0.2) is 0 Å². The van der Waals surface area contributed by atoms with E-state index in [0.29, 0.717) is 12.3 Å². The molecule has 1 amide bonds. The second-order valence-electron chi connectivity index (χ2n) is 5.11.